The lowest BCUT2D eigenvalue weighted by molar-refractivity contribution is -0.144. The van der Waals surface area contributed by atoms with Gasteiger partial charge < -0.3 is 25.4 Å². The number of piperidine rings is 1. The number of rotatable bonds is 9. The van der Waals surface area contributed by atoms with Gasteiger partial charge in [0.05, 0.1) is 20.1 Å². The number of nitrogens with two attached hydrogens (primary N) is 1. The van der Waals surface area contributed by atoms with Gasteiger partial charge in [0.1, 0.15) is 6.04 Å². The molecular weight excluding hydrogens is 434 g/mol. The van der Waals surface area contributed by atoms with Crippen LogP contribution in [-0.2, 0) is 14.4 Å². The summed E-state index contributed by atoms with van der Waals surface area (Å²) in [5, 5.41) is 2.80. The van der Waals surface area contributed by atoms with Gasteiger partial charge in [0.15, 0.2) is 11.5 Å². The van der Waals surface area contributed by atoms with Gasteiger partial charge in [0.2, 0.25) is 17.7 Å². The maximum absolute atomic E-state index is 14.2. The van der Waals surface area contributed by atoms with Crippen LogP contribution in [0, 0.1) is 12.8 Å². The van der Waals surface area contributed by atoms with Crippen molar-refractivity contribution in [3.63, 3.8) is 0 Å². The lowest BCUT2D eigenvalue weighted by Crippen LogP contribution is -2.54. The fourth-order valence-electron chi connectivity index (χ4n) is 5.52. The van der Waals surface area contributed by atoms with E-state index in [4.69, 9.17) is 15.2 Å². The molecule has 3 rings (SSSR count). The Morgan fingerprint density at radius 2 is 1.76 bits per heavy atom. The Morgan fingerprint density at radius 3 is 2.41 bits per heavy atom. The summed E-state index contributed by atoms with van der Waals surface area (Å²) < 4.78 is 11.1. The van der Waals surface area contributed by atoms with E-state index in [1.54, 1.807) is 19.1 Å². The van der Waals surface area contributed by atoms with Gasteiger partial charge >= 0.3 is 0 Å². The number of nitrogens with zero attached hydrogens (tertiary/aromatic N) is 1. The van der Waals surface area contributed by atoms with E-state index in [0.717, 1.165) is 49.7 Å². The Kier molecular flexibility index (Phi) is 9.19. The topological polar surface area (TPSA) is 111 Å². The third-order valence-corrected chi connectivity index (χ3v) is 7.19. The lowest BCUT2D eigenvalue weighted by atomic mass is 9.75. The molecule has 1 aliphatic heterocycles. The standard InChI is InChI=1S/C26H39N3O5/c1-17-15-19(16-21(33-2)24(17)34-3)23(18-9-5-4-6-10-18)26(32)29-14-8-7-11-20(29)25(31)28-13-12-22(27)30/h15-16,18,20,23H,4-14H2,1-3H3,(H2,27,30)(H,28,31)/t20-,23-/m0/s1. The molecule has 3 amide bonds. The molecule has 0 unspecified atom stereocenters. The first-order chi connectivity index (χ1) is 16.4. The quantitative estimate of drug-likeness (QED) is 0.573. The Hall–Kier alpha value is -2.77. The highest BCUT2D eigenvalue weighted by atomic mass is 16.5. The van der Waals surface area contributed by atoms with E-state index in [1.165, 1.54) is 6.42 Å². The zero-order chi connectivity index (χ0) is 24.7. The summed E-state index contributed by atoms with van der Waals surface area (Å²) >= 11 is 0. The van der Waals surface area contributed by atoms with Crippen molar-refractivity contribution in [2.75, 3.05) is 27.3 Å². The molecule has 2 aliphatic rings. The van der Waals surface area contributed by atoms with Gasteiger partial charge in [0, 0.05) is 19.5 Å². The van der Waals surface area contributed by atoms with Crippen LogP contribution in [0.15, 0.2) is 12.1 Å². The van der Waals surface area contributed by atoms with Gasteiger partial charge in [-0.25, -0.2) is 0 Å². The van der Waals surface area contributed by atoms with Crippen LogP contribution in [0.1, 0.15) is 74.8 Å². The van der Waals surface area contributed by atoms with Crippen LogP contribution < -0.4 is 20.5 Å². The van der Waals surface area contributed by atoms with Crippen molar-refractivity contribution >= 4 is 17.7 Å². The molecular formula is C26H39N3O5. The number of hydrogen-bond acceptors (Lipinski definition) is 5. The maximum Gasteiger partial charge on any atom is 0.242 e. The molecule has 1 saturated carbocycles. The highest BCUT2D eigenvalue weighted by Gasteiger charge is 2.40. The predicted octanol–water partition coefficient (Wildman–Crippen LogP) is 3.05. The van der Waals surface area contributed by atoms with Gasteiger partial charge in [-0.1, -0.05) is 25.3 Å². The SMILES string of the molecule is COc1cc([C@@H](C(=O)N2CCCC[C@H]2C(=O)NCCC(N)=O)C2CCCCC2)cc(C)c1OC. The molecule has 1 aromatic rings. The second-order valence-electron chi connectivity index (χ2n) is 9.50. The number of benzene rings is 1. The first-order valence-corrected chi connectivity index (χ1v) is 12.5. The van der Waals surface area contributed by atoms with Crippen molar-refractivity contribution in [3.8, 4) is 11.5 Å². The summed E-state index contributed by atoms with van der Waals surface area (Å²) in [6.45, 7) is 2.71. The Labute approximate surface area is 202 Å². The van der Waals surface area contributed by atoms with Crippen LogP contribution >= 0.6 is 0 Å². The molecule has 8 nitrogen and oxygen atoms in total. The summed E-state index contributed by atoms with van der Waals surface area (Å²) in [6, 6.07) is 3.43. The molecule has 2 fully saturated rings. The zero-order valence-corrected chi connectivity index (χ0v) is 20.7. The summed E-state index contributed by atoms with van der Waals surface area (Å²) in [7, 11) is 3.22. The smallest absolute Gasteiger partial charge is 0.242 e. The van der Waals surface area contributed by atoms with Crippen molar-refractivity contribution in [1.82, 2.24) is 10.2 Å². The van der Waals surface area contributed by atoms with Crippen LogP contribution in [0.25, 0.3) is 0 Å². The highest BCUT2D eigenvalue weighted by Crippen LogP contribution is 2.42. The van der Waals surface area contributed by atoms with Crippen LogP contribution in [0.4, 0.5) is 0 Å². The first kappa shape index (κ1) is 25.8. The Morgan fingerprint density at radius 1 is 1.06 bits per heavy atom. The van der Waals surface area contributed by atoms with Gasteiger partial charge in [-0.2, -0.15) is 0 Å². The number of amides is 3. The third-order valence-electron chi connectivity index (χ3n) is 7.19. The second kappa shape index (κ2) is 12.1. The van der Waals surface area contributed by atoms with Crippen LogP contribution in [0.2, 0.25) is 0 Å². The van der Waals surface area contributed by atoms with Crippen molar-refractivity contribution < 1.29 is 23.9 Å². The van der Waals surface area contributed by atoms with E-state index in [1.807, 2.05) is 19.1 Å². The average Bonchev–Trinajstić information content (AvgIpc) is 2.84. The van der Waals surface area contributed by atoms with Gasteiger partial charge in [-0.05, 0) is 62.1 Å². The summed E-state index contributed by atoms with van der Waals surface area (Å²) in [6.07, 6.45) is 7.87. The van der Waals surface area contributed by atoms with Crippen molar-refractivity contribution in [2.24, 2.45) is 11.7 Å². The Balaban J connectivity index is 1.92. The number of methoxy groups -OCH3 is 2. The van der Waals surface area contributed by atoms with Crippen LogP contribution in [0.5, 0.6) is 11.5 Å². The number of aryl methyl sites for hydroxylation is 1. The normalized spacial score (nSPS) is 19.9. The van der Waals surface area contributed by atoms with Crippen LogP contribution in [-0.4, -0.2) is 56.0 Å². The first-order valence-electron chi connectivity index (χ1n) is 12.5. The molecule has 3 N–H and O–H groups in total. The van der Waals surface area contributed by atoms with Crippen LogP contribution in [0.3, 0.4) is 0 Å². The lowest BCUT2D eigenvalue weighted by Gasteiger charge is -2.40. The molecule has 1 heterocycles. The third kappa shape index (κ3) is 6.02. The van der Waals surface area contributed by atoms with E-state index in [-0.39, 0.29) is 36.6 Å². The number of hydrogen-bond donors (Lipinski definition) is 2. The zero-order valence-electron chi connectivity index (χ0n) is 20.7. The number of ether oxygens (including phenoxy) is 2. The second-order valence-corrected chi connectivity index (χ2v) is 9.50. The molecule has 1 aromatic carbocycles. The molecule has 188 valence electrons. The Bertz CT molecular complexity index is 881. The monoisotopic (exact) mass is 473 g/mol. The van der Waals surface area contributed by atoms with E-state index in [2.05, 4.69) is 5.32 Å². The maximum atomic E-state index is 14.2. The minimum absolute atomic E-state index is 0.00766. The van der Waals surface area contributed by atoms with Crippen molar-refractivity contribution in [1.29, 1.82) is 0 Å². The molecule has 0 aromatic heterocycles. The molecule has 0 spiro atoms. The highest BCUT2D eigenvalue weighted by molar-refractivity contribution is 5.91. The van der Waals surface area contributed by atoms with E-state index in [9.17, 15) is 14.4 Å². The van der Waals surface area contributed by atoms with Crippen molar-refractivity contribution in [3.05, 3.63) is 23.3 Å². The number of carbonyl (C=O) groups excluding carboxylic acids is 3. The van der Waals surface area contributed by atoms with E-state index in [0.29, 0.717) is 24.5 Å². The van der Waals surface area contributed by atoms with Crippen molar-refractivity contribution in [2.45, 2.75) is 76.7 Å². The largest absolute Gasteiger partial charge is 0.493 e. The summed E-state index contributed by atoms with van der Waals surface area (Å²) in [4.78, 5) is 40.0. The summed E-state index contributed by atoms with van der Waals surface area (Å²) in [5.41, 5.74) is 7.04. The molecule has 2 atom stereocenters. The summed E-state index contributed by atoms with van der Waals surface area (Å²) in [5.74, 6) is 0.514. The van der Waals surface area contributed by atoms with Gasteiger partial charge in [-0.3, -0.25) is 14.4 Å². The minimum Gasteiger partial charge on any atom is -0.493 e. The number of carbonyl (C=O) groups is 3. The molecule has 34 heavy (non-hydrogen) atoms. The fraction of sp³-hybridized carbons (Fsp3) is 0.654. The van der Waals surface area contributed by atoms with E-state index >= 15 is 0 Å². The fourth-order valence-corrected chi connectivity index (χ4v) is 5.52. The number of nitrogens with one attached hydrogen (secondary N) is 1. The molecule has 0 bridgehead atoms. The minimum atomic E-state index is -0.526. The average molecular weight is 474 g/mol. The molecule has 8 heteroatoms. The molecule has 1 aliphatic carbocycles. The number of likely N-dealkylation sites (tertiary alicyclic amines) is 1. The van der Waals surface area contributed by atoms with Gasteiger partial charge in [-0.15, -0.1) is 0 Å². The van der Waals surface area contributed by atoms with Gasteiger partial charge in [0.25, 0.3) is 0 Å². The number of primary amides is 1. The predicted molar refractivity (Wildman–Crippen MR) is 130 cm³/mol. The molecule has 0 radical (unpaired) electrons. The van der Waals surface area contributed by atoms with E-state index < -0.39 is 11.9 Å². The molecule has 1 saturated heterocycles.